The lowest BCUT2D eigenvalue weighted by Gasteiger charge is -2.29. The van der Waals surface area contributed by atoms with E-state index in [2.05, 4.69) is 61.0 Å². The minimum Gasteiger partial charge on any atom is -0.356 e. The molecule has 1 aliphatic rings. The van der Waals surface area contributed by atoms with Gasteiger partial charge >= 0.3 is 0 Å². The fourth-order valence-electron chi connectivity index (χ4n) is 2.95. The summed E-state index contributed by atoms with van der Waals surface area (Å²) >= 11 is 1.39. The van der Waals surface area contributed by atoms with Gasteiger partial charge in [0.15, 0.2) is 0 Å². The standard InChI is InChI=1S/C18H19N5S/c1-13-21-18(24-22-13)20-11-14-6-7-17(19-10-14)23-9-8-15-4-2-3-5-16(15)12-23/h2-7,10H,8-9,11-12H2,1H3,(H,20,21,22). The minimum atomic E-state index is 0.713. The SMILES string of the molecule is Cc1nsc(NCc2ccc(N3CCc4ccccc4C3)nc2)n1. The summed E-state index contributed by atoms with van der Waals surface area (Å²) in [5, 5.41) is 4.14. The van der Waals surface area contributed by atoms with Crippen molar-refractivity contribution >= 4 is 22.5 Å². The van der Waals surface area contributed by atoms with Crippen molar-refractivity contribution in [2.24, 2.45) is 0 Å². The van der Waals surface area contributed by atoms with Gasteiger partial charge in [-0.1, -0.05) is 30.3 Å². The molecule has 4 rings (SSSR count). The Hall–Kier alpha value is -2.47. The molecule has 0 radical (unpaired) electrons. The molecule has 0 fully saturated rings. The van der Waals surface area contributed by atoms with Crippen LogP contribution in [0.25, 0.3) is 0 Å². The summed E-state index contributed by atoms with van der Waals surface area (Å²) in [6, 6.07) is 12.9. The zero-order valence-electron chi connectivity index (χ0n) is 13.6. The molecule has 1 aliphatic heterocycles. The molecule has 122 valence electrons. The molecule has 0 unspecified atom stereocenters. The van der Waals surface area contributed by atoms with E-state index in [-0.39, 0.29) is 0 Å². The first-order valence-electron chi connectivity index (χ1n) is 8.09. The molecular formula is C18H19N5S. The van der Waals surface area contributed by atoms with Gasteiger partial charge in [0.1, 0.15) is 11.6 Å². The van der Waals surface area contributed by atoms with Crippen molar-refractivity contribution in [3.05, 3.63) is 65.1 Å². The molecule has 1 N–H and O–H groups in total. The molecule has 2 aromatic heterocycles. The van der Waals surface area contributed by atoms with Crippen LogP contribution in [0.15, 0.2) is 42.6 Å². The van der Waals surface area contributed by atoms with Gasteiger partial charge in [0.2, 0.25) is 5.13 Å². The van der Waals surface area contributed by atoms with Crippen LogP contribution in [0.3, 0.4) is 0 Å². The Morgan fingerprint density at radius 2 is 2.04 bits per heavy atom. The second-order valence-electron chi connectivity index (χ2n) is 5.97. The number of nitrogens with one attached hydrogen (secondary N) is 1. The van der Waals surface area contributed by atoms with Gasteiger partial charge in [-0.05, 0) is 36.1 Å². The molecule has 1 aromatic carbocycles. The van der Waals surface area contributed by atoms with Crippen LogP contribution in [0.5, 0.6) is 0 Å². The maximum absolute atomic E-state index is 4.65. The summed E-state index contributed by atoms with van der Waals surface area (Å²) in [5.74, 6) is 1.85. The molecule has 0 saturated heterocycles. The highest BCUT2D eigenvalue weighted by molar-refractivity contribution is 7.09. The van der Waals surface area contributed by atoms with Crippen molar-refractivity contribution < 1.29 is 0 Å². The number of nitrogens with zero attached hydrogens (tertiary/aromatic N) is 4. The first kappa shape index (κ1) is 15.1. The molecule has 0 saturated carbocycles. The summed E-state index contributed by atoms with van der Waals surface area (Å²) in [4.78, 5) is 11.3. The number of benzene rings is 1. The lowest BCUT2D eigenvalue weighted by Crippen LogP contribution is -2.30. The first-order chi connectivity index (χ1) is 11.8. The van der Waals surface area contributed by atoms with E-state index in [1.807, 2.05) is 13.1 Å². The summed E-state index contributed by atoms with van der Waals surface area (Å²) in [5.41, 5.74) is 4.01. The number of aryl methyl sites for hydroxylation is 1. The lowest BCUT2D eigenvalue weighted by atomic mass is 10.00. The molecule has 5 nitrogen and oxygen atoms in total. The largest absolute Gasteiger partial charge is 0.356 e. The average Bonchev–Trinajstić information content (AvgIpc) is 3.05. The van der Waals surface area contributed by atoms with Crippen LogP contribution in [0.1, 0.15) is 22.5 Å². The van der Waals surface area contributed by atoms with Crippen molar-refractivity contribution in [1.82, 2.24) is 14.3 Å². The Balaban J connectivity index is 1.41. The van der Waals surface area contributed by atoms with E-state index < -0.39 is 0 Å². The maximum atomic E-state index is 4.65. The Kier molecular flexibility index (Phi) is 4.13. The molecular weight excluding hydrogens is 318 g/mol. The zero-order valence-corrected chi connectivity index (χ0v) is 14.4. The molecule has 0 bridgehead atoms. The van der Waals surface area contributed by atoms with Crippen molar-refractivity contribution in [2.45, 2.75) is 26.4 Å². The van der Waals surface area contributed by atoms with Gasteiger partial charge in [-0.3, -0.25) is 0 Å². The molecule has 0 aliphatic carbocycles. The van der Waals surface area contributed by atoms with E-state index in [1.165, 1.54) is 22.7 Å². The molecule has 0 atom stereocenters. The van der Waals surface area contributed by atoms with E-state index >= 15 is 0 Å². The highest BCUT2D eigenvalue weighted by Gasteiger charge is 2.16. The van der Waals surface area contributed by atoms with Gasteiger partial charge in [-0.25, -0.2) is 9.97 Å². The number of rotatable bonds is 4. The third kappa shape index (κ3) is 3.23. The van der Waals surface area contributed by atoms with Crippen LogP contribution < -0.4 is 10.2 Å². The Morgan fingerprint density at radius 3 is 2.79 bits per heavy atom. The van der Waals surface area contributed by atoms with E-state index in [4.69, 9.17) is 0 Å². The van der Waals surface area contributed by atoms with Crippen LogP contribution in [-0.4, -0.2) is 20.9 Å². The maximum Gasteiger partial charge on any atom is 0.202 e. The van der Waals surface area contributed by atoms with E-state index in [9.17, 15) is 0 Å². The lowest BCUT2D eigenvalue weighted by molar-refractivity contribution is 0.720. The fourth-order valence-corrected chi connectivity index (χ4v) is 3.52. The summed E-state index contributed by atoms with van der Waals surface area (Å²) in [6.07, 6.45) is 3.02. The van der Waals surface area contributed by atoms with E-state index in [0.717, 1.165) is 41.8 Å². The number of fused-ring (bicyclic) bond motifs is 1. The Bertz CT molecular complexity index is 827. The fraction of sp³-hybridized carbons (Fsp3) is 0.278. The normalized spacial score (nSPS) is 13.6. The second-order valence-corrected chi connectivity index (χ2v) is 6.72. The van der Waals surface area contributed by atoms with Gasteiger partial charge in [0.25, 0.3) is 0 Å². The van der Waals surface area contributed by atoms with Crippen LogP contribution in [-0.2, 0) is 19.5 Å². The highest BCUT2D eigenvalue weighted by Crippen LogP contribution is 2.23. The number of aromatic nitrogens is 3. The predicted octanol–water partition coefficient (Wildman–Crippen LogP) is 3.42. The van der Waals surface area contributed by atoms with Gasteiger partial charge in [-0.15, -0.1) is 0 Å². The van der Waals surface area contributed by atoms with Crippen LogP contribution in [0.2, 0.25) is 0 Å². The van der Waals surface area contributed by atoms with Gasteiger partial charge in [0.05, 0.1) is 0 Å². The zero-order chi connectivity index (χ0) is 16.4. The number of pyridine rings is 1. The van der Waals surface area contributed by atoms with Crippen molar-refractivity contribution in [3.63, 3.8) is 0 Å². The highest BCUT2D eigenvalue weighted by atomic mass is 32.1. The Morgan fingerprint density at radius 1 is 1.17 bits per heavy atom. The van der Waals surface area contributed by atoms with Crippen LogP contribution in [0.4, 0.5) is 10.9 Å². The van der Waals surface area contributed by atoms with Gasteiger partial charge in [-0.2, -0.15) is 4.37 Å². The van der Waals surface area contributed by atoms with Crippen LogP contribution >= 0.6 is 11.5 Å². The molecule has 3 heterocycles. The molecule has 6 heteroatoms. The molecule has 3 aromatic rings. The summed E-state index contributed by atoms with van der Waals surface area (Å²) in [6.45, 7) is 4.57. The topological polar surface area (TPSA) is 53.9 Å². The second kappa shape index (κ2) is 6.57. The van der Waals surface area contributed by atoms with Crippen molar-refractivity contribution in [1.29, 1.82) is 0 Å². The number of hydrogen-bond acceptors (Lipinski definition) is 6. The molecule has 0 amide bonds. The summed E-state index contributed by atoms with van der Waals surface area (Å²) < 4.78 is 4.17. The first-order valence-corrected chi connectivity index (χ1v) is 8.86. The average molecular weight is 337 g/mol. The van der Waals surface area contributed by atoms with Crippen molar-refractivity contribution in [3.8, 4) is 0 Å². The van der Waals surface area contributed by atoms with Gasteiger partial charge in [0, 0.05) is 37.4 Å². The smallest absolute Gasteiger partial charge is 0.202 e. The van der Waals surface area contributed by atoms with Crippen molar-refractivity contribution in [2.75, 3.05) is 16.8 Å². The number of hydrogen-bond donors (Lipinski definition) is 1. The van der Waals surface area contributed by atoms with E-state index in [0.29, 0.717) is 6.54 Å². The molecule has 0 spiro atoms. The monoisotopic (exact) mass is 337 g/mol. The quantitative estimate of drug-likeness (QED) is 0.790. The minimum absolute atomic E-state index is 0.713. The predicted molar refractivity (Wildman–Crippen MR) is 97.4 cm³/mol. The van der Waals surface area contributed by atoms with Crippen LogP contribution in [0, 0.1) is 6.92 Å². The molecule has 24 heavy (non-hydrogen) atoms. The van der Waals surface area contributed by atoms with Gasteiger partial charge < -0.3 is 10.2 Å². The summed E-state index contributed by atoms with van der Waals surface area (Å²) in [7, 11) is 0. The number of anilines is 2. The third-order valence-corrected chi connectivity index (χ3v) is 5.00. The van der Waals surface area contributed by atoms with E-state index in [1.54, 1.807) is 0 Å². The third-order valence-electron chi connectivity index (χ3n) is 4.24. The Labute approximate surface area is 145 Å².